The van der Waals surface area contributed by atoms with Gasteiger partial charge in [0.05, 0.1) is 6.61 Å². The standard InChI is InChI=1S/C10H17N5OS/c1-2-16-9-12-8(15-11)13-10(14-9)17-7-5-3-4-6-7/h7H,2-6,11H2,1H3,(H,12,13,14,15). The van der Waals surface area contributed by atoms with Gasteiger partial charge in [-0.3, -0.25) is 5.43 Å². The molecule has 1 aliphatic carbocycles. The maximum Gasteiger partial charge on any atom is 0.322 e. The number of anilines is 1. The van der Waals surface area contributed by atoms with Crippen LogP contribution < -0.4 is 16.0 Å². The fourth-order valence-electron chi connectivity index (χ4n) is 1.80. The van der Waals surface area contributed by atoms with Crippen molar-refractivity contribution in [1.29, 1.82) is 0 Å². The Balaban J connectivity index is 2.10. The number of hydrogen-bond donors (Lipinski definition) is 2. The van der Waals surface area contributed by atoms with Gasteiger partial charge in [0.2, 0.25) is 5.95 Å². The van der Waals surface area contributed by atoms with Gasteiger partial charge in [-0.05, 0) is 19.8 Å². The summed E-state index contributed by atoms with van der Waals surface area (Å²) in [6.45, 7) is 2.42. The largest absolute Gasteiger partial charge is 0.464 e. The van der Waals surface area contributed by atoms with E-state index in [1.807, 2.05) is 6.92 Å². The van der Waals surface area contributed by atoms with Crippen molar-refractivity contribution < 1.29 is 4.74 Å². The Morgan fingerprint density at radius 3 is 2.76 bits per heavy atom. The number of aromatic nitrogens is 3. The summed E-state index contributed by atoms with van der Waals surface area (Å²) >= 11 is 1.68. The summed E-state index contributed by atoms with van der Waals surface area (Å²) in [5, 5.41) is 1.29. The summed E-state index contributed by atoms with van der Waals surface area (Å²) in [4.78, 5) is 12.5. The zero-order valence-corrected chi connectivity index (χ0v) is 10.7. The van der Waals surface area contributed by atoms with Gasteiger partial charge in [0.1, 0.15) is 0 Å². The molecule has 1 aromatic rings. The molecule has 1 aliphatic rings. The molecule has 7 heteroatoms. The summed E-state index contributed by atoms with van der Waals surface area (Å²) in [6, 6.07) is 0.330. The Morgan fingerprint density at radius 1 is 1.35 bits per heavy atom. The third-order valence-electron chi connectivity index (χ3n) is 2.57. The molecule has 1 heterocycles. The molecule has 0 unspecified atom stereocenters. The van der Waals surface area contributed by atoms with Crippen LogP contribution in [-0.2, 0) is 0 Å². The fraction of sp³-hybridized carbons (Fsp3) is 0.700. The topological polar surface area (TPSA) is 86.0 Å². The first-order chi connectivity index (χ1) is 8.31. The maximum absolute atomic E-state index is 5.32. The van der Waals surface area contributed by atoms with Gasteiger partial charge in [-0.25, -0.2) is 5.84 Å². The lowest BCUT2D eigenvalue weighted by molar-refractivity contribution is 0.308. The Morgan fingerprint density at radius 2 is 2.12 bits per heavy atom. The van der Waals surface area contributed by atoms with Crippen LogP contribution in [0, 0.1) is 0 Å². The number of nitrogen functional groups attached to an aromatic ring is 1. The van der Waals surface area contributed by atoms with E-state index >= 15 is 0 Å². The second kappa shape index (κ2) is 6.02. The smallest absolute Gasteiger partial charge is 0.322 e. The molecule has 0 bridgehead atoms. The normalized spacial score (nSPS) is 16.1. The van der Waals surface area contributed by atoms with E-state index in [1.54, 1.807) is 11.8 Å². The molecule has 17 heavy (non-hydrogen) atoms. The first kappa shape index (κ1) is 12.4. The minimum absolute atomic E-state index is 0.330. The summed E-state index contributed by atoms with van der Waals surface area (Å²) in [7, 11) is 0. The number of rotatable bonds is 5. The Hall–Kier alpha value is -1.08. The lowest BCUT2D eigenvalue weighted by atomic mass is 10.4. The van der Waals surface area contributed by atoms with E-state index < -0.39 is 0 Å². The van der Waals surface area contributed by atoms with Crippen LogP contribution in [0.3, 0.4) is 0 Å². The van der Waals surface area contributed by atoms with Crippen molar-refractivity contribution in [2.75, 3.05) is 12.0 Å². The predicted octanol–water partition coefficient (Wildman–Crippen LogP) is 1.59. The van der Waals surface area contributed by atoms with Crippen molar-refractivity contribution in [2.45, 2.75) is 43.0 Å². The highest BCUT2D eigenvalue weighted by molar-refractivity contribution is 7.99. The summed E-state index contributed by atoms with van der Waals surface area (Å²) in [5.74, 6) is 5.68. The van der Waals surface area contributed by atoms with Crippen molar-refractivity contribution in [3.8, 4) is 6.01 Å². The SMILES string of the molecule is CCOc1nc(NN)nc(SC2CCCC2)n1. The number of nitrogens with zero attached hydrogens (tertiary/aromatic N) is 3. The summed E-state index contributed by atoms with van der Waals surface area (Å²) in [5.41, 5.74) is 2.44. The van der Waals surface area contributed by atoms with E-state index in [0.29, 0.717) is 29.0 Å². The predicted molar refractivity (Wildman–Crippen MR) is 66.9 cm³/mol. The van der Waals surface area contributed by atoms with Crippen LogP contribution in [0.2, 0.25) is 0 Å². The third-order valence-corrected chi connectivity index (χ3v) is 3.77. The minimum Gasteiger partial charge on any atom is -0.464 e. The molecule has 0 aromatic carbocycles. The molecule has 1 aromatic heterocycles. The molecular formula is C10H17N5OS. The van der Waals surface area contributed by atoms with Crippen LogP contribution in [0.25, 0.3) is 0 Å². The van der Waals surface area contributed by atoms with Crippen molar-refractivity contribution in [2.24, 2.45) is 5.84 Å². The van der Waals surface area contributed by atoms with Gasteiger partial charge >= 0.3 is 6.01 Å². The Bertz CT molecular complexity index is 370. The second-order valence-corrected chi connectivity index (χ2v) is 5.09. The van der Waals surface area contributed by atoms with Gasteiger partial charge in [-0.1, -0.05) is 24.6 Å². The molecule has 6 nitrogen and oxygen atoms in total. The number of hydrogen-bond acceptors (Lipinski definition) is 7. The van der Waals surface area contributed by atoms with Gasteiger partial charge in [0.15, 0.2) is 5.16 Å². The van der Waals surface area contributed by atoms with E-state index in [2.05, 4.69) is 20.4 Å². The number of ether oxygens (including phenoxy) is 1. The van der Waals surface area contributed by atoms with E-state index in [1.165, 1.54) is 25.7 Å². The Kier molecular flexibility index (Phi) is 4.38. The summed E-state index contributed by atoms with van der Waals surface area (Å²) < 4.78 is 5.28. The lowest BCUT2D eigenvalue weighted by Gasteiger charge is -2.09. The van der Waals surface area contributed by atoms with Crippen molar-refractivity contribution in [3.63, 3.8) is 0 Å². The molecule has 1 saturated carbocycles. The van der Waals surface area contributed by atoms with Crippen molar-refractivity contribution in [3.05, 3.63) is 0 Å². The summed E-state index contributed by atoms with van der Waals surface area (Å²) in [6.07, 6.45) is 5.05. The van der Waals surface area contributed by atoms with E-state index in [9.17, 15) is 0 Å². The molecule has 0 spiro atoms. The van der Waals surface area contributed by atoms with Crippen LogP contribution in [0.1, 0.15) is 32.6 Å². The molecule has 94 valence electrons. The molecule has 1 fully saturated rings. The average molecular weight is 255 g/mol. The van der Waals surface area contributed by atoms with E-state index in [-0.39, 0.29) is 0 Å². The highest BCUT2D eigenvalue weighted by Gasteiger charge is 2.18. The average Bonchev–Trinajstić information content (AvgIpc) is 2.82. The quantitative estimate of drug-likeness (QED) is 0.610. The molecule has 0 saturated heterocycles. The highest BCUT2D eigenvalue weighted by Crippen LogP contribution is 2.33. The van der Waals surface area contributed by atoms with Crippen molar-refractivity contribution in [1.82, 2.24) is 15.0 Å². The molecule has 2 rings (SSSR count). The number of hydrazine groups is 1. The van der Waals surface area contributed by atoms with Gasteiger partial charge in [0, 0.05) is 5.25 Å². The maximum atomic E-state index is 5.32. The van der Waals surface area contributed by atoms with Gasteiger partial charge in [-0.2, -0.15) is 15.0 Å². The zero-order chi connectivity index (χ0) is 12.1. The molecule has 3 N–H and O–H groups in total. The van der Waals surface area contributed by atoms with Crippen molar-refractivity contribution >= 4 is 17.7 Å². The first-order valence-electron chi connectivity index (χ1n) is 5.84. The van der Waals surface area contributed by atoms with Crippen LogP contribution in [0.5, 0.6) is 6.01 Å². The van der Waals surface area contributed by atoms with Crippen LogP contribution >= 0.6 is 11.8 Å². The number of thioether (sulfide) groups is 1. The molecule has 0 radical (unpaired) electrons. The molecular weight excluding hydrogens is 238 g/mol. The lowest BCUT2D eigenvalue weighted by Crippen LogP contribution is -2.13. The number of nitrogens with one attached hydrogen (secondary N) is 1. The molecule has 0 aliphatic heterocycles. The Labute approximate surface area is 105 Å². The fourth-order valence-corrected chi connectivity index (χ4v) is 2.94. The second-order valence-electron chi connectivity index (χ2n) is 3.83. The number of nitrogens with two attached hydrogens (primary N) is 1. The molecule has 0 amide bonds. The van der Waals surface area contributed by atoms with Crippen LogP contribution in [0.4, 0.5) is 5.95 Å². The third kappa shape index (κ3) is 3.44. The van der Waals surface area contributed by atoms with Crippen LogP contribution in [-0.4, -0.2) is 26.8 Å². The monoisotopic (exact) mass is 255 g/mol. The van der Waals surface area contributed by atoms with E-state index in [4.69, 9.17) is 10.6 Å². The first-order valence-corrected chi connectivity index (χ1v) is 6.72. The van der Waals surface area contributed by atoms with E-state index in [0.717, 1.165) is 0 Å². The minimum atomic E-state index is 0.330. The zero-order valence-electron chi connectivity index (χ0n) is 9.85. The van der Waals surface area contributed by atoms with Gasteiger partial charge in [-0.15, -0.1) is 0 Å². The van der Waals surface area contributed by atoms with Gasteiger partial charge in [0.25, 0.3) is 0 Å². The van der Waals surface area contributed by atoms with Gasteiger partial charge < -0.3 is 4.74 Å². The molecule has 0 atom stereocenters. The highest BCUT2D eigenvalue weighted by atomic mass is 32.2. The van der Waals surface area contributed by atoms with Crippen LogP contribution in [0.15, 0.2) is 5.16 Å².